The Balaban J connectivity index is 1.96. The normalized spacial score (nSPS) is 35.9. The first-order valence-electron chi connectivity index (χ1n) is 6.29. The number of nitrogens with zero attached hydrogens (tertiary/aromatic N) is 1. The number of aliphatic hydroxyl groups is 3. The zero-order valence-corrected chi connectivity index (χ0v) is 10.5. The van der Waals surface area contributed by atoms with Crippen LogP contribution in [0.4, 0.5) is 11.8 Å². The second-order valence-corrected chi connectivity index (χ2v) is 5.05. The van der Waals surface area contributed by atoms with Crippen LogP contribution < -0.4 is 16.6 Å². The summed E-state index contributed by atoms with van der Waals surface area (Å²) in [5.74, 6) is -0.227. The standard InChI is InChI=1S/C11H16N4O5/c12-11-14-8-4(9(19)15-11)1-3-6(17)7(18)5(2-16)20-10(3)13-8/h3,5-7,10,16-18H,1-2H2,(H4,12,13,14,15,19). The molecular formula is C11H16N4O5. The van der Waals surface area contributed by atoms with E-state index >= 15 is 0 Å². The van der Waals surface area contributed by atoms with Crippen molar-refractivity contribution in [3.63, 3.8) is 0 Å². The third-order valence-corrected chi connectivity index (χ3v) is 3.81. The summed E-state index contributed by atoms with van der Waals surface area (Å²) in [7, 11) is 0. The van der Waals surface area contributed by atoms with Gasteiger partial charge in [-0.25, -0.2) is 0 Å². The average molecular weight is 284 g/mol. The molecule has 1 saturated heterocycles. The second-order valence-electron chi connectivity index (χ2n) is 5.05. The maximum atomic E-state index is 11.8. The van der Waals surface area contributed by atoms with Crippen molar-refractivity contribution >= 4 is 11.8 Å². The van der Waals surface area contributed by atoms with Crippen molar-refractivity contribution in [1.82, 2.24) is 9.97 Å². The lowest BCUT2D eigenvalue weighted by atomic mass is 9.83. The molecule has 0 aromatic carbocycles. The molecule has 2 aliphatic rings. The molecule has 0 spiro atoms. The number of hydrogen-bond acceptors (Lipinski definition) is 8. The van der Waals surface area contributed by atoms with Gasteiger partial charge in [-0.2, -0.15) is 4.98 Å². The van der Waals surface area contributed by atoms with Gasteiger partial charge in [-0.3, -0.25) is 9.78 Å². The smallest absolute Gasteiger partial charge is 0.257 e. The first-order valence-corrected chi connectivity index (χ1v) is 6.29. The minimum Gasteiger partial charge on any atom is -0.394 e. The maximum Gasteiger partial charge on any atom is 0.257 e. The monoisotopic (exact) mass is 284 g/mol. The van der Waals surface area contributed by atoms with Crippen LogP contribution >= 0.6 is 0 Å². The van der Waals surface area contributed by atoms with Crippen LogP contribution in [-0.4, -0.2) is 56.4 Å². The Labute approximate surface area is 113 Å². The predicted octanol–water partition coefficient (Wildman–Crippen LogP) is -2.62. The van der Waals surface area contributed by atoms with Crippen LogP contribution in [0.5, 0.6) is 0 Å². The largest absolute Gasteiger partial charge is 0.394 e. The molecule has 0 bridgehead atoms. The van der Waals surface area contributed by atoms with Crippen LogP contribution in [0.1, 0.15) is 5.56 Å². The van der Waals surface area contributed by atoms with Gasteiger partial charge in [0.15, 0.2) is 0 Å². The molecule has 0 aliphatic carbocycles. The molecular weight excluding hydrogens is 268 g/mol. The number of H-pyrrole nitrogens is 1. The highest BCUT2D eigenvalue weighted by Gasteiger charge is 2.46. The zero-order chi connectivity index (χ0) is 14.4. The number of ether oxygens (including phenoxy) is 1. The molecule has 3 rings (SSSR count). The molecule has 0 radical (unpaired) electrons. The number of aromatic nitrogens is 2. The van der Waals surface area contributed by atoms with Crippen molar-refractivity contribution in [3.05, 3.63) is 15.9 Å². The van der Waals surface area contributed by atoms with Crippen molar-refractivity contribution in [3.8, 4) is 0 Å². The lowest BCUT2D eigenvalue weighted by Gasteiger charge is -2.45. The number of aliphatic hydroxyl groups excluding tert-OH is 3. The molecule has 1 fully saturated rings. The summed E-state index contributed by atoms with van der Waals surface area (Å²) in [4.78, 5) is 18.2. The molecule has 9 heteroatoms. The topological polar surface area (TPSA) is 154 Å². The van der Waals surface area contributed by atoms with E-state index in [1.807, 2.05) is 0 Å². The van der Waals surface area contributed by atoms with E-state index in [2.05, 4.69) is 15.3 Å². The fourth-order valence-corrected chi connectivity index (χ4v) is 2.74. The van der Waals surface area contributed by atoms with Gasteiger partial charge in [0.25, 0.3) is 5.56 Å². The molecule has 0 saturated carbocycles. The predicted molar refractivity (Wildman–Crippen MR) is 67.8 cm³/mol. The van der Waals surface area contributed by atoms with E-state index in [4.69, 9.17) is 15.6 Å². The fourth-order valence-electron chi connectivity index (χ4n) is 2.74. The molecule has 20 heavy (non-hydrogen) atoms. The molecule has 5 unspecified atom stereocenters. The fraction of sp³-hybridized carbons (Fsp3) is 0.636. The van der Waals surface area contributed by atoms with Crippen LogP contribution in [0.25, 0.3) is 0 Å². The van der Waals surface area contributed by atoms with Gasteiger partial charge < -0.3 is 31.1 Å². The molecule has 1 aromatic rings. The SMILES string of the molecule is Nc1nc2c(c(=O)[nH]1)CC1C(N2)OC(CO)C(O)C1O. The van der Waals surface area contributed by atoms with Crippen LogP contribution in [0, 0.1) is 5.92 Å². The van der Waals surface area contributed by atoms with Crippen molar-refractivity contribution in [2.75, 3.05) is 17.7 Å². The van der Waals surface area contributed by atoms with E-state index in [1.165, 1.54) is 0 Å². The van der Waals surface area contributed by atoms with Crippen molar-refractivity contribution in [1.29, 1.82) is 0 Å². The first-order chi connectivity index (χ1) is 9.51. The summed E-state index contributed by atoms with van der Waals surface area (Å²) in [5.41, 5.74) is 5.45. The lowest BCUT2D eigenvalue weighted by Crippen LogP contribution is -2.60. The third-order valence-electron chi connectivity index (χ3n) is 3.81. The lowest BCUT2D eigenvalue weighted by molar-refractivity contribution is -0.202. The van der Waals surface area contributed by atoms with Gasteiger partial charge in [0.2, 0.25) is 5.95 Å². The molecule has 5 atom stereocenters. The summed E-state index contributed by atoms with van der Waals surface area (Å²) in [6.45, 7) is -0.416. The van der Waals surface area contributed by atoms with Crippen LogP contribution in [0.3, 0.4) is 0 Å². The molecule has 110 valence electrons. The zero-order valence-electron chi connectivity index (χ0n) is 10.5. The summed E-state index contributed by atoms with van der Waals surface area (Å²) in [6, 6.07) is 0. The van der Waals surface area contributed by atoms with Gasteiger partial charge >= 0.3 is 0 Å². The number of fused-ring (bicyclic) bond motifs is 2. The van der Waals surface area contributed by atoms with E-state index in [9.17, 15) is 15.0 Å². The number of nitrogen functional groups attached to an aromatic ring is 1. The Hall–Kier alpha value is -1.68. The van der Waals surface area contributed by atoms with Gasteiger partial charge in [-0.1, -0.05) is 0 Å². The molecule has 2 aliphatic heterocycles. The number of anilines is 2. The highest BCUT2D eigenvalue weighted by Crippen LogP contribution is 2.34. The first kappa shape index (κ1) is 13.3. The average Bonchev–Trinajstić information content (AvgIpc) is 2.41. The van der Waals surface area contributed by atoms with Gasteiger partial charge in [0, 0.05) is 5.92 Å². The van der Waals surface area contributed by atoms with E-state index in [1.54, 1.807) is 0 Å². The van der Waals surface area contributed by atoms with E-state index < -0.39 is 37.1 Å². The highest BCUT2D eigenvalue weighted by molar-refractivity contribution is 5.49. The molecule has 9 nitrogen and oxygen atoms in total. The second kappa shape index (κ2) is 4.70. The summed E-state index contributed by atoms with van der Waals surface area (Å²) in [5, 5.41) is 32.0. The number of nitrogens with one attached hydrogen (secondary N) is 2. The van der Waals surface area contributed by atoms with Crippen molar-refractivity contribution in [2.24, 2.45) is 5.92 Å². The summed E-state index contributed by atoms with van der Waals surface area (Å²) >= 11 is 0. The number of nitrogens with two attached hydrogens (primary N) is 1. The molecule has 1 aromatic heterocycles. The quantitative estimate of drug-likeness (QED) is 0.327. The minimum atomic E-state index is -1.20. The summed E-state index contributed by atoms with van der Waals surface area (Å²) < 4.78 is 5.49. The van der Waals surface area contributed by atoms with Gasteiger partial charge in [0.1, 0.15) is 24.3 Å². The molecule has 3 heterocycles. The number of hydrogen-bond donors (Lipinski definition) is 6. The van der Waals surface area contributed by atoms with Gasteiger partial charge in [-0.15, -0.1) is 0 Å². The van der Waals surface area contributed by atoms with Gasteiger partial charge in [0.05, 0.1) is 18.3 Å². The van der Waals surface area contributed by atoms with Crippen LogP contribution in [0.2, 0.25) is 0 Å². The van der Waals surface area contributed by atoms with Gasteiger partial charge in [-0.05, 0) is 6.42 Å². The minimum absolute atomic E-state index is 0.0187. The Morgan fingerprint density at radius 3 is 2.85 bits per heavy atom. The van der Waals surface area contributed by atoms with Crippen LogP contribution in [-0.2, 0) is 11.2 Å². The van der Waals surface area contributed by atoms with Crippen LogP contribution in [0.15, 0.2) is 4.79 Å². The Morgan fingerprint density at radius 1 is 1.40 bits per heavy atom. The molecule has 7 N–H and O–H groups in total. The Kier molecular flexibility index (Phi) is 3.13. The van der Waals surface area contributed by atoms with Crippen molar-refractivity contribution < 1.29 is 20.1 Å². The third kappa shape index (κ3) is 1.95. The van der Waals surface area contributed by atoms with E-state index in [0.717, 1.165) is 0 Å². The van der Waals surface area contributed by atoms with E-state index in [-0.39, 0.29) is 17.9 Å². The number of aromatic amines is 1. The summed E-state index contributed by atoms with van der Waals surface area (Å²) in [6.07, 6.45) is -3.65. The Morgan fingerprint density at radius 2 is 2.15 bits per heavy atom. The van der Waals surface area contributed by atoms with Crippen molar-refractivity contribution in [2.45, 2.75) is 31.0 Å². The number of rotatable bonds is 1. The maximum absolute atomic E-state index is 11.8. The van der Waals surface area contributed by atoms with E-state index in [0.29, 0.717) is 11.4 Å². The Bertz CT molecular complexity index is 576. The highest BCUT2D eigenvalue weighted by atomic mass is 16.5. The molecule has 0 amide bonds.